The second-order valence-corrected chi connectivity index (χ2v) is 44.1. The van der Waals surface area contributed by atoms with E-state index >= 15 is 0 Å². The van der Waals surface area contributed by atoms with Crippen LogP contribution in [0.1, 0.15) is 328 Å². The number of unbranched alkanes of at least 4 members (excludes halogenated alkanes) is 9. The van der Waals surface area contributed by atoms with E-state index in [-0.39, 0.29) is 77.4 Å². The van der Waals surface area contributed by atoms with Crippen LogP contribution in [0.2, 0.25) is 0 Å². The predicted molar refractivity (Wildman–Crippen MR) is 603 cm³/mol. The number of piperazine rings is 3. The molecule has 846 valence electrons. The normalized spacial score (nSPS) is 18.2. The summed E-state index contributed by atoms with van der Waals surface area (Å²) in [5.41, 5.74) is 42.1. The van der Waals surface area contributed by atoms with Crippen LogP contribution in [0.25, 0.3) is 0 Å². The van der Waals surface area contributed by atoms with Crippen molar-refractivity contribution in [3.63, 3.8) is 0 Å². The van der Waals surface area contributed by atoms with Crippen molar-refractivity contribution in [2.45, 2.75) is 319 Å². The van der Waals surface area contributed by atoms with E-state index < -0.39 is 0 Å². The summed E-state index contributed by atoms with van der Waals surface area (Å²) in [6, 6.07) is 23.4. The first-order valence-electron chi connectivity index (χ1n) is 58.0. The summed E-state index contributed by atoms with van der Waals surface area (Å²) in [7, 11) is 0. The quantitative estimate of drug-likeness (QED) is 0.0192. The Kier molecular flexibility index (Phi) is 67.3. The number of carbonyl (C=O) groups excluding carboxylic acids is 11. The third kappa shape index (κ3) is 52.7. The number of amides is 11. The Labute approximate surface area is 903 Å². The van der Waals surface area contributed by atoms with Crippen LogP contribution in [0, 0.1) is 59.2 Å². The highest BCUT2D eigenvalue weighted by Crippen LogP contribution is 2.36. The standard InChI is InChI=1S/C22H31N3O2.C17H31N3O2.C17H33N3O2.C16H26N2O.C16H25NO2.C15H29N3O2.C14H27N3O2.ClH/c23-20-8-6-17(7-9-20)11-22(27)25-14-18-12-24(13-19(18)15-25)21(26)10-16-4-2-1-3-5-16;1-13(2)8-17(22)20-11-14-9-19(10-15(14)12-20)16(21)6-4-3-5-7-18;1-15(2)7-6-9-17(22)20-13-11-19(12-14-20)16(21)8-4-3-5-10-18;1-13(2)5-6-14-7-9-15(10-8-14)16(19)18-12-4-3-11-17;17-11-4-12-18-15-7-9-16(10-8-15)19-13-14-5-2-1-3-6-14;1-3-13(2)15(20)18-11-9-17(10-12-18)14(19)7-5-4-6-8-16;1-2-6-13(18)16-9-11-17(12-10-16)14(19)7-4-3-5-8-15;/h6-9,16,18-19H,1-5,10-15,23H2;13-15H,3-12,18H2,1-2H3;15H,3-14,18H2,1-2H3;7-10,13H,3-6,11-12,17H2,1-2H3,(H,18,19);7-10,14H,1-6,11-13,17H2;13H,3-12,16H2,1-2H3;2-12,15H2,1H3;1H/t;;;;;13-;;/m.....1../s1. The summed E-state index contributed by atoms with van der Waals surface area (Å²) in [6.07, 6.45) is 39.4. The molecular weight excluding hydrogens is 1900 g/mol. The summed E-state index contributed by atoms with van der Waals surface area (Å²) in [6.45, 7) is 40.2. The second-order valence-electron chi connectivity index (χ2n) is 44.1. The fourth-order valence-electron chi connectivity index (χ4n) is 20.6. The monoisotopic (exact) mass is 2100 g/mol. The van der Waals surface area contributed by atoms with Gasteiger partial charge < -0.3 is 104 Å². The molecule has 4 unspecified atom stereocenters. The van der Waals surface area contributed by atoms with E-state index in [9.17, 15) is 52.7 Å². The molecule has 0 bridgehead atoms. The van der Waals surface area contributed by atoms with Gasteiger partial charge in [-0.2, -0.15) is 0 Å². The summed E-state index contributed by atoms with van der Waals surface area (Å²) < 4.78 is 11.4. The Morgan fingerprint density at radius 3 is 1.08 bits per heavy atom. The average molecular weight is 2110 g/mol. The fraction of sp³-hybridized carbons (Fsp3) is 0.752. The van der Waals surface area contributed by atoms with Crippen LogP contribution in [0.5, 0.6) is 11.5 Å². The maximum Gasteiger partial charge on any atom is 0.251 e. The van der Waals surface area contributed by atoms with E-state index in [4.69, 9.17) is 49.6 Å². The first kappa shape index (κ1) is 131. The van der Waals surface area contributed by atoms with E-state index in [0.29, 0.717) is 236 Å². The summed E-state index contributed by atoms with van der Waals surface area (Å²) in [5.74, 6) is 9.40. The van der Waals surface area contributed by atoms with Gasteiger partial charge in [0, 0.05) is 230 Å². The molecule has 32 heteroatoms. The summed E-state index contributed by atoms with van der Waals surface area (Å²) in [4.78, 5) is 153. The Balaban J connectivity index is 0.000000306. The number of rotatable bonds is 49. The minimum absolute atomic E-state index is 0. The second kappa shape index (κ2) is 76.7. The number of halogens is 1. The van der Waals surface area contributed by atoms with Crippen molar-refractivity contribution < 1.29 is 62.2 Å². The number of hydrogen-bond donors (Lipinski definition) is 8. The third-order valence-corrected chi connectivity index (χ3v) is 30.2. The lowest BCUT2D eigenvalue weighted by Crippen LogP contribution is -2.51. The zero-order valence-corrected chi connectivity index (χ0v) is 94.5. The molecule has 2 aliphatic carbocycles. The van der Waals surface area contributed by atoms with Crippen LogP contribution in [0.4, 0.5) is 5.69 Å². The number of nitrogen functional groups attached to an aromatic ring is 1. The van der Waals surface area contributed by atoms with Crippen LogP contribution in [-0.2, 0) is 60.8 Å². The van der Waals surface area contributed by atoms with Crippen molar-refractivity contribution in [1.29, 1.82) is 0 Å². The minimum Gasteiger partial charge on any atom is -0.494 e. The molecule has 3 aromatic rings. The SMILES string of the molecule is CC(C)CC(=O)N1CC2CN(C(=O)CCCCCN)CC2C1.CC(C)CCCC(=O)N1CCN(C(=O)CCCCCN)CC1.CC(C)CCc1ccc(C(=O)NCCCCN)cc1.CCCC(=O)N1CCN(C(=O)CCCCCN)CC1.CC[C@@H](C)C(=O)N1CCN(C(=O)CCCCCN)CC1.Cl.NCCCOc1ccc(OCC2CCCCC2)cc1.Nc1ccc(CC(=O)N2CC3CN(C(=O)CC4CCCCC4)CC3C2)cc1. The average Bonchev–Trinajstić information content (AvgIpc) is 1.65. The number of carbonyl (C=O) groups is 11. The molecule has 7 saturated heterocycles. The summed E-state index contributed by atoms with van der Waals surface area (Å²) >= 11 is 0. The number of likely N-dealkylation sites (tertiary alicyclic amines) is 4. The lowest BCUT2D eigenvalue weighted by atomic mass is 9.87. The van der Waals surface area contributed by atoms with Gasteiger partial charge in [-0.3, -0.25) is 52.7 Å². The third-order valence-electron chi connectivity index (χ3n) is 30.2. The number of hydrogen-bond acceptors (Lipinski definition) is 20. The van der Waals surface area contributed by atoms with Gasteiger partial charge in [0.2, 0.25) is 59.1 Å². The maximum atomic E-state index is 12.7. The Hall–Kier alpha value is -8.72. The number of ether oxygens (including phenoxy) is 2. The van der Waals surface area contributed by atoms with E-state index in [0.717, 1.165) is 228 Å². The van der Waals surface area contributed by atoms with Crippen molar-refractivity contribution in [3.05, 3.63) is 89.5 Å². The van der Waals surface area contributed by atoms with Gasteiger partial charge in [0.05, 0.1) is 19.6 Å². The van der Waals surface area contributed by atoms with Gasteiger partial charge in [-0.1, -0.05) is 157 Å². The first-order chi connectivity index (χ1) is 71.4. The molecule has 7 aliphatic heterocycles. The molecule has 15 N–H and O–H groups in total. The number of fused-ring (bicyclic) bond motifs is 2. The zero-order chi connectivity index (χ0) is 108. The number of anilines is 1. The lowest BCUT2D eigenvalue weighted by molar-refractivity contribution is -0.141. The highest BCUT2D eigenvalue weighted by molar-refractivity contribution is 5.94. The smallest absolute Gasteiger partial charge is 0.251 e. The molecule has 2 saturated carbocycles. The van der Waals surface area contributed by atoms with Gasteiger partial charge in [-0.05, 0) is 257 Å². The van der Waals surface area contributed by atoms with Crippen molar-refractivity contribution in [1.82, 2.24) is 54.3 Å². The topological polar surface area (TPSA) is 433 Å². The highest BCUT2D eigenvalue weighted by Gasteiger charge is 2.45. The molecule has 11 amide bonds. The van der Waals surface area contributed by atoms with Crippen molar-refractivity contribution >= 4 is 83.1 Å². The summed E-state index contributed by atoms with van der Waals surface area (Å²) in [5, 5.41) is 2.91. The van der Waals surface area contributed by atoms with E-state index in [1.54, 1.807) is 0 Å². The number of benzene rings is 3. The number of nitrogens with two attached hydrogens (primary N) is 7. The number of nitrogens with one attached hydrogen (secondary N) is 1. The van der Waals surface area contributed by atoms with Gasteiger partial charge in [-0.15, -0.1) is 12.4 Å². The van der Waals surface area contributed by atoms with E-state index in [1.165, 1.54) is 76.2 Å². The van der Waals surface area contributed by atoms with Gasteiger partial charge in [0.15, 0.2) is 0 Å². The molecule has 12 rings (SSSR count). The van der Waals surface area contributed by atoms with Crippen LogP contribution in [-0.4, -0.2) is 304 Å². The number of nitrogens with zero attached hydrogens (tertiary/aromatic N) is 10. The molecule has 9 fully saturated rings. The Bertz CT molecular complexity index is 4170. The van der Waals surface area contributed by atoms with Crippen LogP contribution in [0.3, 0.4) is 0 Å². The maximum absolute atomic E-state index is 12.7. The van der Waals surface area contributed by atoms with Crippen molar-refractivity contribution in [2.24, 2.45) is 93.6 Å². The van der Waals surface area contributed by atoms with Gasteiger partial charge >= 0.3 is 0 Å². The lowest BCUT2D eigenvalue weighted by Gasteiger charge is -2.36. The van der Waals surface area contributed by atoms with E-state index in [2.05, 4.69) is 63.9 Å². The molecule has 149 heavy (non-hydrogen) atoms. The molecule has 9 aliphatic rings. The van der Waals surface area contributed by atoms with Crippen molar-refractivity contribution in [3.8, 4) is 11.5 Å². The molecule has 0 aromatic heterocycles. The fourth-order valence-corrected chi connectivity index (χ4v) is 20.6. The Morgan fingerprint density at radius 2 is 0.691 bits per heavy atom. The van der Waals surface area contributed by atoms with Crippen LogP contribution >= 0.6 is 12.4 Å². The van der Waals surface area contributed by atoms with Crippen LogP contribution in [0.15, 0.2) is 72.8 Å². The molecule has 0 radical (unpaired) electrons. The Morgan fingerprint density at radius 1 is 0.342 bits per heavy atom. The van der Waals surface area contributed by atoms with Gasteiger partial charge in [0.1, 0.15) is 11.5 Å². The van der Waals surface area contributed by atoms with Crippen molar-refractivity contribution in [2.75, 3.05) is 196 Å². The molecular formula is C117H203ClN18O13. The molecule has 3 aromatic carbocycles. The first-order valence-corrected chi connectivity index (χ1v) is 58.0. The number of aryl methyl sites for hydroxylation is 1. The highest BCUT2D eigenvalue weighted by atomic mass is 35.5. The molecule has 0 spiro atoms. The zero-order valence-electron chi connectivity index (χ0n) is 93.7. The molecule has 31 nitrogen and oxygen atoms in total. The largest absolute Gasteiger partial charge is 0.494 e. The van der Waals surface area contributed by atoms with Gasteiger partial charge in [0.25, 0.3) is 5.91 Å². The molecule has 7 heterocycles. The van der Waals surface area contributed by atoms with Gasteiger partial charge in [-0.25, -0.2) is 0 Å². The minimum atomic E-state index is 0. The predicted octanol–water partition coefficient (Wildman–Crippen LogP) is 14.9. The molecule has 5 atom stereocenters. The van der Waals surface area contributed by atoms with Crippen LogP contribution < -0.4 is 54.9 Å². The van der Waals surface area contributed by atoms with E-state index in [1.807, 2.05) is 126 Å².